The second-order valence-corrected chi connectivity index (χ2v) is 7.46. The van der Waals surface area contributed by atoms with E-state index in [1.54, 1.807) is 55.1 Å². The van der Waals surface area contributed by atoms with E-state index in [-0.39, 0.29) is 17.0 Å². The van der Waals surface area contributed by atoms with E-state index in [9.17, 15) is 0 Å². The third-order valence-electron chi connectivity index (χ3n) is 4.77. The molecule has 0 N–H and O–H groups in total. The van der Waals surface area contributed by atoms with Gasteiger partial charge in [0.2, 0.25) is 5.69 Å². The van der Waals surface area contributed by atoms with E-state index in [0.717, 1.165) is 16.8 Å². The van der Waals surface area contributed by atoms with E-state index in [1.165, 1.54) is 0 Å². The van der Waals surface area contributed by atoms with Crippen LogP contribution in [0.1, 0.15) is 52.6 Å². The third kappa shape index (κ3) is 4.13. The van der Waals surface area contributed by atoms with Crippen LogP contribution in [0.15, 0.2) is 48.7 Å². The Morgan fingerprint density at radius 1 is 0.889 bits per heavy atom. The van der Waals surface area contributed by atoms with E-state index in [2.05, 4.69) is 0 Å². The molecule has 1 aromatic heterocycles. The molecule has 0 aliphatic carbocycles. The van der Waals surface area contributed by atoms with Gasteiger partial charge < -0.3 is 0 Å². The lowest BCUT2D eigenvalue weighted by Crippen LogP contribution is -2.31. The minimum atomic E-state index is -2.34. The molecule has 1 nitrogen and oxygen atoms in total. The highest BCUT2D eigenvalue weighted by molar-refractivity contribution is 5.76. The summed E-state index contributed by atoms with van der Waals surface area (Å²) >= 11 is 0. The molecule has 2 aromatic carbocycles. The van der Waals surface area contributed by atoms with Gasteiger partial charge in [0.25, 0.3) is 0 Å². The maximum Gasteiger partial charge on any atom is 0.212 e. The van der Waals surface area contributed by atoms with Crippen LogP contribution >= 0.6 is 0 Å². The first-order valence-corrected chi connectivity index (χ1v) is 9.21. The molecule has 1 heteroatoms. The largest absolute Gasteiger partial charge is 0.212 e. The number of rotatable bonds is 4. The Hall–Kier alpha value is -2.41. The van der Waals surface area contributed by atoms with Gasteiger partial charge in [-0.2, -0.15) is 0 Å². The Labute approximate surface area is 175 Å². The Kier molecular flexibility index (Phi) is 3.25. The summed E-state index contributed by atoms with van der Waals surface area (Å²) < 4.78 is 66.2. The molecule has 0 spiro atoms. The van der Waals surface area contributed by atoms with Gasteiger partial charge >= 0.3 is 0 Å². The van der Waals surface area contributed by atoms with E-state index >= 15 is 0 Å². The van der Waals surface area contributed by atoms with E-state index in [0.29, 0.717) is 22.3 Å². The molecule has 0 radical (unpaired) electrons. The summed E-state index contributed by atoms with van der Waals surface area (Å²) in [5.74, 6) is -0.210. The fourth-order valence-electron chi connectivity index (χ4n) is 3.32. The van der Waals surface area contributed by atoms with Crippen LogP contribution in [-0.4, -0.2) is 0 Å². The normalized spacial score (nSPS) is 17.1. The van der Waals surface area contributed by atoms with E-state index in [4.69, 9.17) is 11.0 Å². The highest BCUT2D eigenvalue weighted by atomic mass is 14.9. The second kappa shape index (κ2) is 7.68. The summed E-state index contributed by atoms with van der Waals surface area (Å²) in [6.07, 6.45) is 0.108. The maximum atomic E-state index is 8.35. The molecule has 1 heterocycles. The molecule has 0 saturated carbocycles. The summed E-state index contributed by atoms with van der Waals surface area (Å²) in [4.78, 5) is 0. The minimum Gasteiger partial charge on any atom is -0.201 e. The number of aryl methyl sites for hydroxylation is 5. The lowest BCUT2D eigenvalue weighted by molar-refractivity contribution is -0.660. The molecule has 0 fully saturated rings. The van der Waals surface area contributed by atoms with Gasteiger partial charge in [-0.15, -0.1) is 0 Å². The van der Waals surface area contributed by atoms with Gasteiger partial charge in [-0.05, 0) is 79.3 Å². The fourth-order valence-corrected chi connectivity index (χ4v) is 3.32. The molecule has 3 aromatic rings. The smallest absolute Gasteiger partial charge is 0.201 e. The van der Waals surface area contributed by atoms with Gasteiger partial charge in [0.05, 0.1) is 0 Å². The number of benzene rings is 2. The molecule has 140 valence electrons. The fraction of sp³-hybridized carbons (Fsp3) is 0.346. The molecule has 0 amide bonds. The molecule has 0 aliphatic heterocycles. The summed E-state index contributed by atoms with van der Waals surface area (Å²) in [5, 5.41) is 0. The highest BCUT2D eigenvalue weighted by Crippen LogP contribution is 2.32. The molecule has 27 heavy (non-hydrogen) atoms. The van der Waals surface area contributed by atoms with Crippen molar-refractivity contribution in [3.8, 4) is 22.4 Å². The standard InChI is InChI=1S/C26H32N/c1-17(2)12-22-8-10-23(11-9-22)24-15-25(20(5)13-19(24)4)26-14-18(3)21(6)16-27(26)7/h8-11,13-17H,12H2,1-7H3/q+1/i4D3,6D3,12D2. The number of hydrogen-bond donors (Lipinski definition) is 0. The van der Waals surface area contributed by atoms with Crippen molar-refractivity contribution in [3.05, 3.63) is 76.5 Å². The van der Waals surface area contributed by atoms with Gasteiger partial charge in [0, 0.05) is 28.2 Å². The molecule has 0 saturated heterocycles. The van der Waals surface area contributed by atoms with Crippen molar-refractivity contribution < 1.29 is 15.5 Å². The van der Waals surface area contributed by atoms with Gasteiger partial charge in [-0.1, -0.05) is 44.2 Å². The summed E-state index contributed by atoms with van der Waals surface area (Å²) in [5.41, 5.74) is 5.24. The monoisotopic (exact) mass is 366 g/mol. The van der Waals surface area contributed by atoms with Crippen LogP contribution < -0.4 is 4.57 Å². The topological polar surface area (TPSA) is 3.88 Å². The van der Waals surface area contributed by atoms with Crippen LogP contribution in [0.4, 0.5) is 0 Å². The molecular weight excluding hydrogens is 326 g/mol. The zero-order valence-corrected chi connectivity index (χ0v) is 16.6. The Morgan fingerprint density at radius 2 is 1.59 bits per heavy atom. The summed E-state index contributed by atoms with van der Waals surface area (Å²) in [6.45, 7) is 2.70. The van der Waals surface area contributed by atoms with Gasteiger partial charge in [0.1, 0.15) is 7.05 Å². The van der Waals surface area contributed by atoms with Crippen LogP contribution in [0.5, 0.6) is 0 Å². The average molecular weight is 367 g/mol. The van der Waals surface area contributed by atoms with Crippen molar-refractivity contribution in [1.29, 1.82) is 0 Å². The predicted molar refractivity (Wildman–Crippen MR) is 116 cm³/mol. The van der Waals surface area contributed by atoms with E-state index in [1.807, 2.05) is 32.9 Å². The number of nitrogens with zero attached hydrogens (tertiary/aromatic N) is 1. The first-order chi connectivity index (χ1) is 15.9. The maximum absolute atomic E-state index is 8.35. The van der Waals surface area contributed by atoms with Crippen molar-refractivity contribution in [1.82, 2.24) is 0 Å². The molecule has 3 rings (SSSR count). The minimum absolute atomic E-state index is 0.210. The summed E-state index contributed by atoms with van der Waals surface area (Å²) in [7, 11) is 1.78. The third-order valence-corrected chi connectivity index (χ3v) is 4.77. The van der Waals surface area contributed by atoms with Gasteiger partial charge in [0.15, 0.2) is 6.20 Å². The van der Waals surface area contributed by atoms with Crippen LogP contribution in [0, 0.1) is 33.5 Å². The Balaban J connectivity index is 2.23. The van der Waals surface area contributed by atoms with Crippen molar-refractivity contribution in [3.63, 3.8) is 0 Å². The van der Waals surface area contributed by atoms with Crippen molar-refractivity contribution in [2.45, 2.75) is 47.8 Å². The molecule has 0 atom stereocenters. The van der Waals surface area contributed by atoms with Crippen LogP contribution in [0.25, 0.3) is 22.4 Å². The quantitative estimate of drug-likeness (QED) is 0.479. The Morgan fingerprint density at radius 3 is 2.22 bits per heavy atom. The number of hydrogen-bond acceptors (Lipinski definition) is 0. The van der Waals surface area contributed by atoms with E-state index < -0.39 is 20.1 Å². The molecule has 0 bridgehead atoms. The van der Waals surface area contributed by atoms with Crippen molar-refractivity contribution >= 4 is 0 Å². The average Bonchev–Trinajstić information content (AvgIpc) is 2.73. The van der Waals surface area contributed by atoms with Crippen molar-refractivity contribution in [2.24, 2.45) is 13.0 Å². The predicted octanol–water partition coefficient (Wildman–Crippen LogP) is 6.28. The first-order valence-electron chi connectivity index (χ1n) is 13.2. The van der Waals surface area contributed by atoms with Gasteiger partial charge in [-0.25, -0.2) is 4.57 Å². The molecule has 0 unspecified atom stereocenters. The van der Waals surface area contributed by atoms with Crippen LogP contribution in [-0.2, 0) is 13.4 Å². The number of aromatic nitrogens is 1. The highest BCUT2D eigenvalue weighted by Gasteiger charge is 2.17. The molecule has 0 aliphatic rings. The first kappa shape index (κ1) is 11.4. The lowest BCUT2D eigenvalue weighted by Gasteiger charge is -2.13. The van der Waals surface area contributed by atoms with Crippen molar-refractivity contribution in [2.75, 3.05) is 0 Å². The zero-order chi connectivity index (χ0) is 26.5. The lowest BCUT2D eigenvalue weighted by atomic mass is 9.92. The van der Waals surface area contributed by atoms with Gasteiger partial charge in [-0.3, -0.25) is 0 Å². The summed E-state index contributed by atoms with van der Waals surface area (Å²) in [6, 6.07) is 12.3. The SMILES string of the molecule is [2H]C([2H])([2H])c1c[n+](C)c(-c2cc(-c3ccc(C([2H])([2H])C(C)C)cc3)c(C([2H])([2H])[2H])cc2C)cc1C. The van der Waals surface area contributed by atoms with Crippen LogP contribution in [0.2, 0.25) is 0 Å². The molecular formula is C26H32N+. The number of pyridine rings is 1. The Bertz CT molecular complexity index is 1240. The second-order valence-electron chi connectivity index (χ2n) is 7.46. The zero-order valence-electron chi connectivity index (χ0n) is 24.6. The van der Waals surface area contributed by atoms with Crippen LogP contribution in [0.3, 0.4) is 0 Å².